The molecule has 1 atom stereocenters. The van der Waals surface area contributed by atoms with E-state index in [-0.39, 0.29) is 22.3 Å². The van der Waals surface area contributed by atoms with E-state index in [2.05, 4.69) is 10.3 Å². The molecular formula is C19H26N4O4S2. The number of hydrogen-bond acceptors (Lipinski definition) is 7. The minimum Gasteiger partial charge on any atom is -0.371 e. The maximum atomic E-state index is 13.0. The lowest BCUT2D eigenvalue weighted by Gasteiger charge is -2.20. The third-order valence-electron chi connectivity index (χ3n) is 5.03. The summed E-state index contributed by atoms with van der Waals surface area (Å²) < 4.78 is 27.4. The second-order valence-electron chi connectivity index (χ2n) is 7.14. The Morgan fingerprint density at radius 2 is 1.97 bits per heavy atom. The standard InChI is InChI=1S/C19H26N4O4S2/c1-3-15-13-20-19(28-15)14(2)21-17-9-8-16(12-18(17)23(24)25)29(26,27)22-10-6-4-5-7-11-22/h8-9,12-14,21H,3-7,10-11H2,1-2H3. The van der Waals surface area contributed by atoms with Gasteiger partial charge in [0, 0.05) is 30.2 Å². The van der Waals surface area contributed by atoms with E-state index in [0.29, 0.717) is 13.1 Å². The zero-order valence-electron chi connectivity index (χ0n) is 16.6. The van der Waals surface area contributed by atoms with Crippen LogP contribution in [-0.2, 0) is 16.4 Å². The molecule has 1 aliphatic rings. The smallest absolute Gasteiger partial charge is 0.293 e. The molecule has 0 saturated carbocycles. The van der Waals surface area contributed by atoms with Crippen LogP contribution < -0.4 is 5.32 Å². The van der Waals surface area contributed by atoms with Crippen LogP contribution in [0.3, 0.4) is 0 Å². The van der Waals surface area contributed by atoms with Gasteiger partial charge in [0.15, 0.2) is 0 Å². The van der Waals surface area contributed by atoms with Gasteiger partial charge in [-0.2, -0.15) is 4.31 Å². The number of aromatic nitrogens is 1. The number of anilines is 1. The summed E-state index contributed by atoms with van der Waals surface area (Å²) >= 11 is 1.56. The molecule has 3 rings (SSSR count). The number of thiazole rings is 1. The highest BCUT2D eigenvalue weighted by molar-refractivity contribution is 7.89. The van der Waals surface area contributed by atoms with Crippen LogP contribution in [0, 0.1) is 10.1 Å². The van der Waals surface area contributed by atoms with Crippen molar-refractivity contribution < 1.29 is 13.3 Å². The molecule has 0 bridgehead atoms. The molecule has 1 aromatic heterocycles. The maximum Gasteiger partial charge on any atom is 0.293 e. The van der Waals surface area contributed by atoms with Gasteiger partial charge >= 0.3 is 0 Å². The van der Waals surface area contributed by atoms with E-state index < -0.39 is 14.9 Å². The number of nitro benzene ring substituents is 1. The molecular weight excluding hydrogens is 412 g/mol. The summed E-state index contributed by atoms with van der Waals surface area (Å²) in [6.45, 7) is 4.83. The Morgan fingerprint density at radius 1 is 1.28 bits per heavy atom. The zero-order valence-corrected chi connectivity index (χ0v) is 18.3. The Morgan fingerprint density at radius 3 is 2.55 bits per heavy atom. The van der Waals surface area contributed by atoms with Gasteiger partial charge in [-0.15, -0.1) is 11.3 Å². The van der Waals surface area contributed by atoms with Crippen molar-refractivity contribution in [1.29, 1.82) is 0 Å². The van der Waals surface area contributed by atoms with Crippen LogP contribution in [-0.4, -0.2) is 35.7 Å². The third-order valence-corrected chi connectivity index (χ3v) is 8.25. The molecule has 10 heteroatoms. The first kappa shape index (κ1) is 21.7. The van der Waals surface area contributed by atoms with Crippen molar-refractivity contribution >= 4 is 32.7 Å². The van der Waals surface area contributed by atoms with Crippen molar-refractivity contribution in [3.05, 3.63) is 44.4 Å². The summed E-state index contributed by atoms with van der Waals surface area (Å²) in [5.41, 5.74) is 0.0329. The van der Waals surface area contributed by atoms with Crippen LogP contribution in [0.4, 0.5) is 11.4 Å². The molecule has 158 valence electrons. The fourth-order valence-electron chi connectivity index (χ4n) is 3.36. The van der Waals surface area contributed by atoms with E-state index in [0.717, 1.165) is 48.1 Å². The lowest BCUT2D eigenvalue weighted by atomic mass is 10.2. The summed E-state index contributed by atoms with van der Waals surface area (Å²) in [6.07, 6.45) is 6.32. The number of nitrogens with zero attached hydrogens (tertiary/aromatic N) is 3. The summed E-state index contributed by atoms with van der Waals surface area (Å²) in [5.74, 6) is 0. The monoisotopic (exact) mass is 438 g/mol. The molecule has 1 aliphatic heterocycles. The van der Waals surface area contributed by atoms with Gasteiger partial charge in [0.2, 0.25) is 10.0 Å². The Kier molecular flexibility index (Phi) is 6.86. The molecule has 0 radical (unpaired) electrons. The molecule has 1 unspecified atom stereocenters. The quantitative estimate of drug-likeness (QED) is 0.509. The van der Waals surface area contributed by atoms with Crippen LogP contribution in [0.1, 0.15) is 55.5 Å². The molecule has 2 aromatic rings. The molecule has 0 amide bonds. The van der Waals surface area contributed by atoms with Gasteiger partial charge in [-0.3, -0.25) is 10.1 Å². The van der Waals surface area contributed by atoms with Crippen molar-refractivity contribution in [2.45, 2.75) is 56.9 Å². The van der Waals surface area contributed by atoms with Crippen LogP contribution >= 0.6 is 11.3 Å². The molecule has 0 spiro atoms. The summed E-state index contributed by atoms with van der Waals surface area (Å²) in [5, 5.41) is 15.6. The highest BCUT2D eigenvalue weighted by atomic mass is 32.2. The van der Waals surface area contributed by atoms with E-state index in [4.69, 9.17) is 0 Å². The first-order chi connectivity index (χ1) is 13.8. The lowest BCUT2D eigenvalue weighted by molar-refractivity contribution is -0.384. The number of benzene rings is 1. The minimum atomic E-state index is -3.75. The zero-order chi connectivity index (χ0) is 21.0. The van der Waals surface area contributed by atoms with Crippen molar-refractivity contribution in [2.24, 2.45) is 0 Å². The van der Waals surface area contributed by atoms with Gasteiger partial charge in [0.05, 0.1) is 15.9 Å². The Balaban J connectivity index is 1.87. The highest BCUT2D eigenvalue weighted by Crippen LogP contribution is 2.33. The molecule has 8 nitrogen and oxygen atoms in total. The fraction of sp³-hybridized carbons (Fsp3) is 0.526. The molecule has 1 aromatic carbocycles. The van der Waals surface area contributed by atoms with Gasteiger partial charge in [0.1, 0.15) is 10.7 Å². The van der Waals surface area contributed by atoms with Crippen LogP contribution in [0.25, 0.3) is 0 Å². The van der Waals surface area contributed by atoms with E-state index in [9.17, 15) is 18.5 Å². The number of nitrogens with one attached hydrogen (secondary N) is 1. The predicted octanol–water partition coefficient (Wildman–Crippen LogP) is 4.35. The number of rotatable bonds is 7. The Labute approximate surface area is 175 Å². The van der Waals surface area contributed by atoms with E-state index >= 15 is 0 Å². The predicted molar refractivity (Wildman–Crippen MR) is 114 cm³/mol. The van der Waals surface area contributed by atoms with Gasteiger partial charge < -0.3 is 5.32 Å². The summed E-state index contributed by atoms with van der Waals surface area (Å²) in [7, 11) is -3.75. The van der Waals surface area contributed by atoms with Gasteiger partial charge in [-0.05, 0) is 38.3 Å². The van der Waals surface area contributed by atoms with Crippen molar-refractivity contribution in [3.63, 3.8) is 0 Å². The average molecular weight is 439 g/mol. The summed E-state index contributed by atoms with van der Waals surface area (Å²) in [6, 6.07) is 3.86. The number of aryl methyl sites for hydroxylation is 1. The lowest BCUT2D eigenvalue weighted by Crippen LogP contribution is -2.32. The normalized spacial score (nSPS) is 16.9. The van der Waals surface area contributed by atoms with Gasteiger partial charge in [0.25, 0.3) is 5.69 Å². The number of sulfonamides is 1. The minimum absolute atomic E-state index is 0.0354. The van der Waals surface area contributed by atoms with Crippen LogP contribution in [0.15, 0.2) is 29.3 Å². The maximum absolute atomic E-state index is 13.0. The third kappa shape index (κ3) is 4.93. The second-order valence-corrected chi connectivity index (χ2v) is 10.2. The number of hydrogen-bond donors (Lipinski definition) is 1. The topological polar surface area (TPSA) is 105 Å². The van der Waals surface area contributed by atoms with Crippen molar-refractivity contribution in [1.82, 2.24) is 9.29 Å². The summed E-state index contributed by atoms with van der Waals surface area (Å²) in [4.78, 5) is 16.6. The first-order valence-electron chi connectivity index (χ1n) is 9.82. The highest BCUT2D eigenvalue weighted by Gasteiger charge is 2.28. The Hall–Kier alpha value is -2.04. The molecule has 1 N–H and O–H groups in total. The van der Waals surface area contributed by atoms with Crippen molar-refractivity contribution in [2.75, 3.05) is 18.4 Å². The van der Waals surface area contributed by atoms with E-state index in [1.165, 1.54) is 16.4 Å². The first-order valence-corrected chi connectivity index (χ1v) is 12.1. The number of nitro groups is 1. The second kappa shape index (κ2) is 9.19. The fourth-order valence-corrected chi connectivity index (χ4v) is 5.75. The van der Waals surface area contributed by atoms with E-state index in [1.54, 1.807) is 11.3 Å². The average Bonchev–Trinajstić information content (AvgIpc) is 3.01. The molecule has 2 heterocycles. The SMILES string of the molecule is CCc1cnc(C(C)Nc2ccc(S(=O)(=O)N3CCCCCC3)cc2[N+](=O)[O-])s1. The van der Waals surface area contributed by atoms with E-state index in [1.807, 2.05) is 20.0 Å². The molecule has 1 saturated heterocycles. The Bertz CT molecular complexity index is 966. The molecule has 29 heavy (non-hydrogen) atoms. The van der Waals surface area contributed by atoms with Gasteiger partial charge in [-0.25, -0.2) is 13.4 Å². The van der Waals surface area contributed by atoms with Gasteiger partial charge in [-0.1, -0.05) is 19.8 Å². The van der Waals surface area contributed by atoms with Crippen LogP contribution in [0.5, 0.6) is 0 Å². The molecule has 0 aliphatic carbocycles. The van der Waals surface area contributed by atoms with Crippen molar-refractivity contribution in [3.8, 4) is 0 Å². The molecule has 1 fully saturated rings. The largest absolute Gasteiger partial charge is 0.371 e. The van der Waals surface area contributed by atoms with Crippen LogP contribution in [0.2, 0.25) is 0 Å².